The molecular weight excluding hydrogens is 410 g/mol. The normalized spacial score (nSPS) is 16.5. The molecule has 1 amide bonds. The Bertz CT molecular complexity index is 765. The van der Waals surface area contributed by atoms with Gasteiger partial charge in [-0.15, -0.1) is 0 Å². The summed E-state index contributed by atoms with van der Waals surface area (Å²) in [4.78, 5) is 17.1. The van der Waals surface area contributed by atoms with Crippen molar-refractivity contribution in [2.24, 2.45) is 0 Å². The van der Waals surface area contributed by atoms with Gasteiger partial charge in [0.05, 0.1) is 10.6 Å². The third kappa shape index (κ3) is 8.54. The molecule has 0 bridgehead atoms. The summed E-state index contributed by atoms with van der Waals surface area (Å²) in [6, 6.07) is 7.82. The van der Waals surface area contributed by atoms with Crippen LogP contribution in [0.4, 0.5) is 0 Å². The topological polar surface area (TPSA) is 69.7 Å². The summed E-state index contributed by atoms with van der Waals surface area (Å²) in [5.41, 5.74) is 1.17. The van der Waals surface area contributed by atoms with Crippen LogP contribution in [-0.2, 0) is 21.1 Å². The zero-order valence-electron chi connectivity index (χ0n) is 19.6. The van der Waals surface area contributed by atoms with Crippen molar-refractivity contribution in [3.8, 4) is 0 Å². The van der Waals surface area contributed by atoms with Gasteiger partial charge < -0.3 is 15.1 Å². The lowest BCUT2D eigenvalue weighted by atomic mass is 10.1. The molecule has 1 aliphatic rings. The highest BCUT2D eigenvalue weighted by atomic mass is 32.2. The molecule has 1 aliphatic heterocycles. The van der Waals surface area contributed by atoms with Crippen molar-refractivity contribution in [2.45, 2.75) is 70.2 Å². The van der Waals surface area contributed by atoms with Gasteiger partial charge in [0.15, 0.2) is 9.84 Å². The lowest BCUT2D eigenvalue weighted by Crippen LogP contribution is -2.37. The van der Waals surface area contributed by atoms with Crippen LogP contribution in [0.25, 0.3) is 0 Å². The Hall–Kier alpha value is -1.44. The van der Waals surface area contributed by atoms with Crippen LogP contribution in [0.2, 0.25) is 0 Å². The molecule has 176 valence electrons. The molecule has 1 aromatic carbocycles. The van der Waals surface area contributed by atoms with Gasteiger partial charge in [-0.05, 0) is 69.8 Å². The first kappa shape index (κ1) is 25.8. The Morgan fingerprint density at radius 1 is 1.06 bits per heavy atom. The van der Waals surface area contributed by atoms with Crippen molar-refractivity contribution in [1.82, 2.24) is 15.1 Å². The largest absolute Gasteiger partial charge is 0.341 e. The second-order valence-corrected chi connectivity index (χ2v) is 10.7. The van der Waals surface area contributed by atoms with Crippen LogP contribution >= 0.6 is 0 Å². The van der Waals surface area contributed by atoms with Gasteiger partial charge in [0, 0.05) is 38.6 Å². The minimum Gasteiger partial charge on any atom is -0.341 e. The van der Waals surface area contributed by atoms with E-state index in [1.165, 1.54) is 5.56 Å². The first-order valence-electron chi connectivity index (χ1n) is 11.9. The maximum atomic E-state index is 12.2. The molecule has 1 saturated heterocycles. The molecule has 1 N–H and O–H groups in total. The number of hydrogen-bond donors (Lipinski definition) is 1. The van der Waals surface area contributed by atoms with Crippen molar-refractivity contribution in [1.29, 1.82) is 0 Å². The molecule has 0 saturated carbocycles. The summed E-state index contributed by atoms with van der Waals surface area (Å²) in [6.45, 7) is 11.8. The number of amides is 1. The molecule has 1 unspecified atom stereocenters. The third-order valence-electron chi connectivity index (χ3n) is 5.97. The highest BCUT2D eigenvalue weighted by molar-refractivity contribution is 7.91. The van der Waals surface area contributed by atoms with Crippen LogP contribution in [0.15, 0.2) is 29.2 Å². The number of carbonyl (C=O) groups is 1. The Morgan fingerprint density at radius 2 is 1.81 bits per heavy atom. The summed E-state index contributed by atoms with van der Waals surface area (Å²) in [7, 11) is -3.15. The zero-order valence-corrected chi connectivity index (χ0v) is 20.4. The first-order valence-corrected chi connectivity index (χ1v) is 13.6. The standard InChI is InChI=1S/C24H41N3O3S/c1-4-15-26(16-6-7-17-27-18-14-25-13-12-24(27)28)21(3)20-22-8-10-23(11-9-22)31(29,30)19-5-2/h8-11,21,25H,4-7,12-20H2,1-3H3. The van der Waals surface area contributed by atoms with E-state index in [4.69, 9.17) is 0 Å². The van der Waals surface area contributed by atoms with E-state index in [1.807, 2.05) is 24.0 Å². The summed E-state index contributed by atoms with van der Waals surface area (Å²) in [5.74, 6) is 0.472. The average molecular weight is 452 g/mol. The maximum Gasteiger partial charge on any atom is 0.223 e. The van der Waals surface area contributed by atoms with E-state index < -0.39 is 9.84 Å². The lowest BCUT2D eigenvalue weighted by molar-refractivity contribution is -0.130. The Labute approximate surface area is 189 Å². The van der Waals surface area contributed by atoms with Crippen LogP contribution in [0.5, 0.6) is 0 Å². The summed E-state index contributed by atoms with van der Waals surface area (Å²) in [6.07, 6.45) is 5.37. The molecule has 31 heavy (non-hydrogen) atoms. The number of nitrogens with one attached hydrogen (secondary N) is 1. The van der Waals surface area contributed by atoms with Crippen molar-refractivity contribution in [3.63, 3.8) is 0 Å². The van der Waals surface area contributed by atoms with E-state index in [0.29, 0.717) is 23.8 Å². The molecule has 0 aromatic heterocycles. The van der Waals surface area contributed by atoms with Crippen LogP contribution in [0.3, 0.4) is 0 Å². The predicted octanol–water partition coefficient (Wildman–Crippen LogP) is 3.12. The van der Waals surface area contributed by atoms with E-state index >= 15 is 0 Å². The second kappa shape index (κ2) is 13.2. The molecule has 1 aromatic rings. The highest BCUT2D eigenvalue weighted by Crippen LogP contribution is 2.16. The Kier molecular flexibility index (Phi) is 11.0. The number of rotatable bonds is 13. The molecule has 1 fully saturated rings. The molecule has 6 nitrogen and oxygen atoms in total. The molecule has 1 atom stereocenters. The molecule has 0 aliphatic carbocycles. The van der Waals surface area contributed by atoms with Gasteiger partial charge in [-0.1, -0.05) is 26.0 Å². The summed E-state index contributed by atoms with van der Waals surface area (Å²) >= 11 is 0. The van der Waals surface area contributed by atoms with Crippen molar-refractivity contribution >= 4 is 15.7 Å². The Balaban J connectivity index is 1.84. The van der Waals surface area contributed by atoms with Gasteiger partial charge in [-0.2, -0.15) is 0 Å². The van der Waals surface area contributed by atoms with E-state index in [2.05, 4.69) is 24.1 Å². The smallest absolute Gasteiger partial charge is 0.223 e. The van der Waals surface area contributed by atoms with E-state index in [-0.39, 0.29) is 11.7 Å². The monoisotopic (exact) mass is 451 g/mol. The number of sulfone groups is 1. The zero-order chi connectivity index (χ0) is 22.7. The summed E-state index contributed by atoms with van der Waals surface area (Å²) in [5, 5.41) is 3.28. The fourth-order valence-corrected chi connectivity index (χ4v) is 5.52. The van der Waals surface area contributed by atoms with Gasteiger partial charge in [0.25, 0.3) is 0 Å². The van der Waals surface area contributed by atoms with Gasteiger partial charge in [0.1, 0.15) is 0 Å². The second-order valence-electron chi connectivity index (χ2n) is 8.64. The SMILES string of the molecule is CCCN(CCCCN1CCNCCC1=O)C(C)Cc1ccc(S(=O)(=O)CCC)cc1. The first-order chi connectivity index (χ1) is 14.9. The molecule has 0 radical (unpaired) electrons. The number of benzene rings is 1. The number of carbonyl (C=O) groups excluding carboxylic acids is 1. The molecule has 0 spiro atoms. The minimum absolute atomic E-state index is 0.201. The van der Waals surface area contributed by atoms with Crippen molar-refractivity contribution < 1.29 is 13.2 Å². The van der Waals surface area contributed by atoms with Crippen LogP contribution in [0.1, 0.15) is 58.4 Å². The van der Waals surface area contributed by atoms with Crippen LogP contribution < -0.4 is 5.32 Å². The van der Waals surface area contributed by atoms with E-state index in [9.17, 15) is 13.2 Å². The fourth-order valence-electron chi connectivity index (χ4n) is 4.20. The van der Waals surface area contributed by atoms with Crippen molar-refractivity contribution in [3.05, 3.63) is 29.8 Å². The van der Waals surface area contributed by atoms with Gasteiger partial charge in [-0.25, -0.2) is 8.42 Å². The number of unbranched alkanes of at least 4 members (excludes halogenated alkanes) is 1. The predicted molar refractivity (Wildman–Crippen MR) is 127 cm³/mol. The maximum absolute atomic E-state index is 12.2. The third-order valence-corrected chi connectivity index (χ3v) is 7.91. The van der Waals surface area contributed by atoms with Gasteiger partial charge in [-0.3, -0.25) is 4.79 Å². The minimum atomic E-state index is -3.15. The van der Waals surface area contributed by atoms with Gasteiger partial charge >= 0.3 is 0 Å². The highest BCUT2D eigenvalue weighted by Gasteiger charge is 2.18. The van der Waals surface area contributed by atoms with Crippen LogP contribution in [-0.4, -0.2) is 75.2 Å². The van der Waals surface area contributed by atoms with Crippen molar-refractivity contribution in [2.75, 3.05) is 45.0 Å². The molecule has 1 heterocycles. The number of nitrogens with zero attached hydrogens (tertiary/aromatic N) is 2. The molecule has 7 heteroatoms. The van der Waals surface area contributed by atoms with Crippen LogP contribution in [0, 0.1) is 0 Å². The quantitative estimate of drug-likeness (QED) is 0.467. The Morgan fingerprint density at radius 3 is 2.48 bits per heavy atom. The lowest BCUT2D eigenvalue weighted by Gasteiger charge is -2.29. The van der Waals surface area contributed by atoms with E-state index in [0.717, 1.165) is 65.0 Å². The molecular formula is C24H41N3O3S. The van der Waals surface area contributed by atoms with E-state index in [1.54, 1.807) is 12.1 Å². The summed E-state index contributed by atoms with van der Waals surface area (Å²) < 4.78 is 24.4. The molecule has 2 rings (SSSR count). The number of hydrogen-bond acceptors (Lipinski definition) is 5. The van der Waals surface area contributed by atoms with Gasteiger partial charge in [0.2, 0.25) is 5.91 Å². The average Bonchev–Trinajstić information content (AvgIpc) is 2.94. The fraction of sp³-hybridized carbons (Fsp3) is 0.708.